The molecule has 0 saturated carbocycles. The molecule has 4 N–H and O–H groups in total. The number of nitrogens with one attached hydrogen (secondary N) is 4. The zero-order chi connectivity index (χ0) is 26.6. The van der Waals surface area contributed by atoms with E-state index in [1.165, 1.54) is 0 Å². The van der Waals surface area contributed by atoms with E-state index < -0.39 is 11.5 Å². The fraction of sp³-hybridized carbons (Fsp3) is 0.480. The lowest BCUT2D eigenvalue weighted by Gasteiger charge is -2.34. The van der Waals surface area contributed by atoms with Crippen molar-refractivity contribution in [3.8, 4) is 0 Å². The highest BCUT2D eigenvalue weighted by molar-refractivity contribution is 9.10. The van der Waals surface area contributed by atoms with Crippen LogP contribution in [0.2, 0.25) is 0 Å². The average Bonchev–Trinajstić information content (AvgIpc) is 2.77. The lowest BCUT2D eigenvalue weighted by atomic mass is 10.0. The lowest BCUT2D eigenvalue weighted by Crippen LogP contribution is -2.44. The molecular weight excluding hydrogens is 528 g/mol. The number of aromatic nitrogens is 2. The van der Waals surface area contributed by atoms with Gasteiger partial charge in [0.25, 0.3) is 11.5 Å². The zero-order valence-corrected chi connectivity index (χ0v) is 22.8. The van der Waals surface area contributed by atoms with E-state index in [4.69, 9.17) is 10.1 Å². The highest BCUT2D eigenvalue weighted by atomic mass is 79.9. The lowest BCUT2D eigenvalue weighted by molar-refractivity contribution is 0.0210. The molecule has 0 radical (unpaired) electrons. The normalized spacial score (nSPS) is 14.3. The molecule has 0 spiro atoms. The third-order valence-corrected chi connectivity index (χ3v) is 6.23. The summed E-state index contributed by atoms with van der Waals surface area (Å²) in [4.78, 5) is 46.6. The highest BCUT2D eigenvalue weighted by Gasteiger charge is 2.28. The number of piperidine rings is 1. The molecule has 0 atom stereocenters. The number of aromatic amines is 1. The average molecular weight is 561 g/mol. The summed E-state index contributed by atoms with van der Waals surface area (Å²) < 4.78 is 5.89. The number of pyridine rings is 2. The first-order valence-electron chi connectivity index (χ1n) is 11.8. The molecule has 3 heterocycles. The van der Waals surface area contributed by atoms with Gasteiger partial charge in [0.05, 0.1) is 5.56 Å². The van der Waals surface area contributed by atoms with Crippen LogP contribution >= 0.6 is 15.9 Å². The van der Waals surface area contributed by atoms with Crippen molar-refractivity contribution < 1.29 is 14.3 Å². The molecule has 2 aromatic heterocycles. The van der Waals surface area contributed by atoms with Crippen molar-refractivity contribution in [3.05, 3.63) is 55.0 Å². The van der Waals surface area contributed by atoms with Crippen molar-refractivity contribution in [1.82, 2.24) is 20.2 Å². The summed E-state index contributed by atoms with van der Waals surface area (Å²) in [5.74, 6) is -0.0108. The van der Waals surface area contributed by atoms with Gasteiger partial charge in [-0.3, -0.25) is 9.59 Å². The number of anilines is 1. The number of hydrogen-bond donors (Lipinski definition) is 4. The molecule has 11 heteroatoms. The van der Waals surface area contributed by atoms with Gasteiger partial charge in [0, 0.05) is 48.7 Å². The molecule has 36 heavy (non-hydrogen) atoms. The van der Waals surface area contributed by atoms with Gasteiger partial charge < -0.3 is 30.7 Å². The van der Waals surface area contributed by atoms with E-state index in [0.29, 0.717) is 47.5 Å². The minimum Gasteiger partial charge on any atom is -0.444 e. The number of ether oxygens (including phenoxy) is 1. The SMILES string of the molecule is Cc1cc(C)c(CNC(=O)c2cc(Br)nc(NC3CCN(C(=O)OC(C)(C)C)CC3)c2C=N)c(=O)[nH]1. The Morgan fingerprint density at radius 3 is 2.53 bits per heavy atom. The Kier molecular flexibility index (Phi) is 8.55. The van der Waals surface area contributed by atoms with Gasteiger partial charge in [-0.25, -0.2) is 9.78 Å². The summed E-state index contributed by atoms with van der Waals surface area (Å²) in [5.41, 5.74) is 1.85. The number of H-pyrrole nitrogens is 1. The zero-order valence-electron chi connectivity index (χ0n) is 21.3. The van der Waals surface area contributed by atoms with Gasteiger partial charge in [-0.1, -0.05) is 0 Å². The first-order valence-corrected chi connectivity index (χ1v) is 12.6. The van der Waals surface area contributed by atoms with Crippen molar-refractivity contribution >= 4 is 40.0 Å². The van der Waals surface area contributed by atoms with Crippen LogP contribution in [0.5, 0.6) is 0 Å². The summed E-state index contributed by atoms with van der Waals surface area (Å²) in [6.07, 6.45) is 2.10. The van der Waals surface area contributed by atoms with Gasteiger partial charge in [0.1, 0.15) is 16.0 Å². The maximum Gasteiger partial charge on any atom is 0.410 e. The van der Waals surface area contributed by atoms with E-state index in [1.54, 1.807) is 17.9 Å². The minimum absolute atomic E-state index is 0.00821. The Morgan fingerprint density at radius 1 is 1.28 bits per heavy atom. The van der Waals surface area contributed by atoms with Crippen molar-refractivity contribution in [1.29, 1.82) is 5.41 Å². The first-order chi connectivity index (χ1) is 16.9. The third kappa shape index (κ3) is 6.93. The third-order valence-electron chi connectivity index (χ3n) is 5.82. The van der Waals surface area contributed by atoms with Crippen LogP contribution in [0, 0.1) is 19.3 Å². The summed E-state index contributed by atoms with van der Waals surface area (Å²) in [6.45, 7) is 10.3. The largest absolute Gasteiger partial charge is 0.444 e. The minimum atomic E-state index is -0.548. The van der Waals surface area contributed by atoms with Crippen LogP contribution in [0.1, 0.15) is 66.4 Å². The van der Waals surface area contributed by atoms with Crippen molar-refractivity contribution in [3.63, 3.8) is 0 Å². The number of nitrogens with zero attached hydrogens (tertiary/aromatic N) is 2. The van der Waals surface area contributed by atoms with Gasteiger partial charge in [-0.2, -0.15) is 0 Å². The van der Waals surface area contributed by atoms with Crippen LogP contribution in [0.4, 0.5) is 10.6 Å². The first kappa shape index (κ1) is 27.4. The number of rotatable bonds is 6. The number of carbonyl (C=O) groups is 2. The molecule has 0 unspecified atom stereocenters. The van der Waals surface area contributed by atoms with Gasteiger partial charge in [-0.15, -0.1) is 0 Å². The second-order valence-electron chi connectivity index (χ2n) is 9.91. The predicted molar refractivity (Wildman–Crippen MR) is 142 cm³/mol. The van der Waals surface area contributed by atoms with Crippen molar-refractivity contribution in [2.45, 2.75) is 65.6 Å². The standard InChI is InChI=1S/C25H33BrN6O4/c1-14-10-15(2)29-23(34)19(14)13-28-22(33)17-11-20(26)31-21(18(17)12-27)30-16-6-8-32(9-7-16)24(35)36-25(3,4)5/h10-12,16,27H,6-9,13H2,1-5H3,(H,28,33)(H,29,34)(H,30,31). The molecule has 1 aliphatic rings. The van der Waals surface area contributed by atoms with E-state index in [0.717, 1.165) is 17.5 Å². The number of amides is 2. The maximum atomic E-state index is 13.1. The smallest absolute Gasteiger partial charge is 0.410 e. The molecule has 10 nitrogen and oxygen atoms in total. The second-order valence-corrected chi connectivity index (χ2v) is 10.7. The summed E-state index contributed by atoms with van der Waals surface area (Å²) >= 11 is 3.36. The number of likely N-dealkylation sites (tertiary alicyclic amines) is 1. The number of halogens is 1. The molecule has 194 valence electrons. The van der Waals surface area contributed by atoms with Crippen LogP contribution in [-0.4, -0.2) is 57.8 Å². The number of carbonyl (C=O) groups excluding carboxylic acids is 2. The van der Waals surface area contributed by atoms with E-state index in [2.05, 4.69) is 36.5 Å². The molecule has 2 amide bonds. The van der Waals surface area contributed by atoms with Crippen molar-refractivity contribution in [2.75, 3.05) is 18.4 Å². The fourth-order valence-corrected chi connectivity index (χ4v) is 4.47. The monoisotopic (exact) mass is 560 g/mol. The van der Waals surface area contributed by atoms with Crippen LogP contribution < -0.4 is 16.2 Å². The van der Waals surface area contributed by atoms with Crippen LogP contribution in [0.25, 0.3) is 0 Å². The highest BCUT2D eigenvalue weighted by Crippen LogP contribution is 2.24. The molecule has 2 aromatic rings. The molecule has 1 saturated heterocycles. The molecule has 0 aromatic carbocycles. The molecule has 3 rings (SSSR count). The Bertz CT molecular complexity index is 1210. The summed E-state index contributed by atoms with van der Waals surface area (Å²) in [6, 6.07) is 3.41. The van der Waals surface area contributed by atoms with Gasteiger partial charge in [0.2, 0.25) is 0 Å². The number of aryl methyl sites for hydroxylation is 2. The van der Waals surface area contributed by atoms with Gasteiger partial charge in [-0.05, 0) is 81.1 Å². The molecule has 0 bridgehead atoms. The summed E-state index contributed by atoms with van der Waals surface area (Å²) in [7, 11) is 0. The van der Waals surface area contributed by atoms with E-state index in [-0.39, 0.29) is 29.8 Å². The summed E-state index contributed by atoms with van der Waals surface area (Å²) in [5, 5.41) is 14.1. The van der Waals surface area contributed by atoms with E-state index in [9.17, 15) is 14.4 Å². The Balaban J connectivity index is 1.71. The Morgan fingerprint density at radius 2 is 1.94 bits per heavy atom. The Hall–Kier alpha value is -3.21. The van der Waals surface area contributed by atoms with Gasteiger partial charge in [0.15, 0.2) is 0 Å². The van der Waals surface area contributed by atoms with Crippen LogP contribution in [-0.2, 0) is 11.3 Å². The topological polar surface area (TPSA) is 140 Å². The van der Waals surface area contributed by atoms with Gasteiger partial charge >= 0.3 is 6.09 Å². The maximum absolute atomic E-state index is 13.1. The van der Waals surface area contributed by atoms with Crippen LogP contribution in [0.15, 0.2) is 21.5 Å². The predicted octanol–water partition coefficient (Wildman–Crippen LogP) is 3.89. The van der Waals surface area contributed by atoms with E-state index in [1.807, 2.05) is 33.8 Å². The van der Waals surface area contributed by atoms with Crippen LogP contribution in [0.3, 0.4) is 0 Å². The molecule has 0 aliphatic carbocycles. The molecular formula is C25H33BrN6O4. The molecule has 1 aliphatic heterocycles. The van der Waals surface area contributed by atoms with E-state index >= 15 is 0 Å². The Labute approximate surface area is 218 Å². The quantitative estimate of drug-likeness (QED) is 0.312. The van der Waals surface area contributed by atoms with Crippen molar-refractivity contribution in [2.24, 2.45) is 0 Å². The molecule has 1 fully saturated rings. The fourth-order valence-electron chi connectivity index (χ4n) is 4.06. The number of hydrogen-bond acceptors (Lipinski definition) is 7. The second kappa shape index (κ2) is 11.2.